The highest BCUT2D eigenvalue weighted by Gasteiger charge is 2.77. The molecule has 1 aromatic rings. The number of aryl methyl sites for hydroxylation is 1. The van der Waals surface area contributed by atoms with E-state index in [0.717, 1.165) is 23.7 Å². The van der Waals surface area contributed by atoms with Crippen molar-refractivity contribution < 1.29 is 28.7 Å². The molecule has 2 N–H and O–H groups in total. The Morgan fingerprint density at radius 1 is 1.19 bits per heavy atom. The second kappa shape index (κ2) is 11.3. The van der Waals surface area contributed by atoms with Gasteiger partial charge >= 0.3 is 0 Å². The Labute approximate surface area is 250 Å². The molecule has 9 heteroatoms. The summed E-state index contributed by atoms with van der Waals surface area (Å²) >= 11 is 0.913. The van der Waals surface area contributed by atoms with Crippen molar-refractivity contribution in [3.05, 3.63) is 59.7 Å². The van der Waals surface area contributed by atoms with E-state index in [-0.39, 0.29) is 41.7 Å². The Morgan fingerprint density at radius 2 is 1.90 bits per heavy atom. The van der Waals surface area contributed by atoms with Gasteiger partial charge in [-0.25, -0.2) is 8.78 Å². The van der Waals surface area contributed by atoms with Crippen LogP contribution in [0.5, 0.6) is 0 Å². The molecule has 0 spiro atoms. The lowest BCUT2D eigenvalue weighted by Crippen LogP contribution is -2.71. The van der Waals surface area contributed by atoms with Crippen LogP contribution in [0.3, 0.4) is 0 Å². The molecule has 1 aromatic carbocycles. The van der Waals surface area contributed by atoms with Gasteiger partial charge in [0, 0.05) is 30.3 Å². The summed E-state index contributed by atoms with van der Waals surface area (Å²) in [6, 6.07) is 11.9. The zero-order valence-electron chi connectivity index (χ0n) is 24.4. The fourth-order valence-corrected chi connectivity index (χ4v) is 9.98. The van der Waals surface area contributed by atoms with Crippen molar-refractivity contribution >= 4 is 22.7 Å². The molecule has 5 rings (SSSR count). The highest BCUT2D eigenvalue weighted by molar-refractivity contribution is 8.13. The number of nitriles is 1. The second-order valence-corrected chi connectivity index (χ2v) is 14.3. The van der Waals surface area contributed by atoms with E-state index in [1.54, 1.807) is 6.92 Å². The number of alkyl halides is 2. The van der Waals surface area contributed by atoms with Gasteiger partial charge in [0.25, 0.3) is 0 Å². The lowest BCUT2D eigenvalue weighted by atomic mass is 9.40. The van der Waals surface area contributed by atoms with E-state index in [1.807, 2.05) is 50.2 Å². The molecule has 0 bridgehead atoms. The van der Waals surface area contributed by atoms with E-state index in [1.165, 1.54) is 23.3 Å². The third-order valence-corrected chi connectivity index (χ3v) is 12.1. The van der Waals surface area contributed by atoms with Crippen molar-refractivity contribution in [2.45, 2.75) is 70.8 Å². The van der Waals surface area contributed by atoms with Gasteiger partial charge in [-0.15, -0.1) is 0 Å². The number of hydrogen-bond donors (Lipinski definition) is 2. The van der Waals surface area contributed by atoms with Crippen LogP contribution in [-0.2, 0) is 16.0 Å². The molecule has 4 aliphatic rings. The molecule has 9 unspecified atom stereocenters. The molecule has 0 amide bonds. The zero-order chi connectivity index (χ0) is 30.5. The first-order chi connectivity index (χ1) is 19.8. The summed E-state index contributed by atoms with van der Waals surface area (Å²) in [7, 11) is 0. The van der Waals surface area contributed by atoms with E-state index in [2.05, 4.69) is 0 Å². The summed E-state index contributed by atoms with van der Waals surface area (Å²) in [5, 5.41) is 32.8. The number of nitrogens with zero attached hydrogens (tertiary/aromatic N) is 2. The van der Waals surface area contributed by atoms with Crippen LogP contribution in [0.15, 0.2) is 54.1 Å². The molecule has 9 atom stereocenters. The number of halogens is 2. The largest absolute Gasteiger partial charge is 0.390 e. The molecule has 0 radical (unpaired) electrons. The van der Waals surface area contributed by atoms with Gasteiger partial charge in [-0.3, -0.25) is 9.59 Å². The van der Waals surface area contributed by atoms with Crippen LogP contribution in [0.2, 0.25) is 0 Å². The fourth-order valence-electron chi connectivity index (χ4n) is 9.14. The van der Waals surface area contributed by atoms with Gasteiger partial charge in [0.1, 0.15) is 6.17 Å². The number of aliphatic hydroxyl groups is 1. The van der Waals surface area contributed by atoms with Crippen LogP contribution < -0.4 is 0 Å². The maximum atomic E-state index is 17.7. The van der Waals surface area contributed by atoms with Crippen molar-refractivity contribution in [1.82, 2.24) is 5.06 Å². The number of thioether (sulfide) groups is 1. The monoisotopic (exact) mass is 598 g/mol. The van der Waals surface area contributed by atoms with Gasteiger partial charge in [0.2, 0.25) is 0 Å². The SMILES string of the molecule is CC12C=CC(=O)C=C1C(F)CC1C3(C)CC(CN(O)CCCc4ccccc4)C(C(=O)SCC#N)C3(C)CC(O)C12F. The van der Waals surface area contributed by atoms with Crippen LogP contribution in [-0.4, -0.2) is 63.1 Å². The molecule has 42 heavy (non-hydrogen) atoms. The van der Waals surface area contributed by atoms with E-state index in [9.17, 15) is 25.2 Å². The Bertz CT molecular complexity index is 1330. The van der Waals surface area contributed by atoms with Gasteiger partial charge in [0.15, 0.2) is 16.6 Å². The molecule has 0 aliphatic heterocycles. The Hall–Kier alpha value is -2.38. The Kier molecular flexibility index (Phi) is 8.34. The van der Waals surface area contributed by atoms with Crippen molar-refractivity contribution in [2.75, 3.05) is 18.8 Å². The summed E-state index contributed by atoms with van der Waals surface area (Å²) in [5.74, 6) is -2.44. The number of rotatable bonds is 8. The minimum Gasteiger partial charge on any atom is -0.390 e. The number of aliphatic hydroxyl groups excluding tert-OH is 1. The number of carbonyl (C=O) groups is 2. The molecule has 0 saturated heterocycles. The summed E-state index contributed by atoms with van der Waals surface area (Å²) in [4.78, 5) is 25.9. The van der Waals surface area contributed by atoms with Crippen molar-refractivity contribution in [2.24, 2.45) is 34.0 Å². The zero-order valence-corrected chi connectivity index (χ0v) is 25.2. The lowest BCUT2D eigenvalue weighted by molar-refractivity contribution is -0.231. The average molecular weight is 599 g/mol. The van der Waals surface area contributed by atoms with Crippen LogP contribution in [0.25, 0.3) is 0 Å². The highest BCUT2D eigenvalue weighted by Crippen LogP contribution is 2.75. The number of benzene rings is 1. The standard InChI is InChI=1S/C33H40F2N2O4S/c1-30-12-11-23(38)16-24(30)25(34)17-26-31(2)18-22(20-37(41)14-7-10-21-8-5-4-6-9-21)28(29(40)42-15-13-36)32(31,3)19-27(39)33(26,30)35/h4-6,8-9,11-12,16,22,25-28,39,41H,7,10,14-15,17-20H2,1-3H3. The second-order valence-electron chi connectivity index (χ2n) is 13.3. The van der Waals surface area contributed by atoms with Crippen LogP contribution in [0, 0.1) is 45.3 Å². The van der Waals surface area contributed by atoms with E-state index in [0.29, 0.717) is 19.4 Å². The minimum atomic E-state index is -2.26. The number of ketones is 1. The predicted octanol–water partition coefficient (Wildman–Crippen LogP) is 5.64. The number of allylic oxidation sites excluding steroid dienone is 4. The van der Waals surface area contributed by atoms with Crippen molar-refractivity contribution in [3.63, 3.8) is 0 Å². The van der Waals surface area contributed by atoms with Crippen LogP contribution >= 0.6 is 11.8 Å². The third-order valence-electron chi connectivity index (χ3n) is 11.3. The summed E-state index contributed by atoms with van der Waals surface area (Å²) in [5.41, 5.74) is -4.37. The number of fused-ring (bicyclic) bond motifs is 5. The first kappa shape index (κ1) is 31.1. The fraction of sp³-hybridized carbons (Fsp3) is 0.606. The number of carbonyl (C=O) groups excluding carboxylic acids is 2. The normalized spacial score (nSPS) is 40.6. The topological polar surface area (TPSA) is 102 Å². The molecule has 0 heterocycles. The predicted molar refractivity (Wildman–Crippen MR) is 157 cm³/mol. The van der Waals surface area contributed by atoms with Gasteiger partial charge in [-0.2, -0.15) is 10.3 Å². The van der Waals surface area contributed by atoms with Gasteiger partial charge in [-0.05, 0) is 79.1 Å². The quantitative estimate of drug-likeness (QED) is 0.373. The molecular formula is C33H40F2N2O4S. The first-order valence-electron chi connectivity index (χ1n) is 14.8. The third kappa shape index (κ3) is 4.70. The van der Waals surface area contributed by atoms with Crippen LogP contribution in [0.4, 0.5) is 8.78 Å². The Morgan fingerprint density at radius 3 is 2.60 bits per heavy atom. The minimum absolute atomic E-state index is 0.0302. The van der Waals surface area contributed by atoms with Gasteiger partial charge in [0.05, 0.1) is 17.9 Å². The molecule has 4 aliphatic carbocycles. The molecular weight excluding hydrogens is 558 g/mol. The van der Waals surface area contributed by atoms with Gasteiger partial charge in [-0.1, -0.05) is 62.0 Å². The Balaban J connectivity index is 1.47. The number of hydrogen-bond acceptors (Lipinski definition) is 7. The molecule has 3 saturated carbocycles. The van der Waals surface area contributed by atoms with E-state index < -0.39 is 51.8 Å². The molecule has 0 aromatic heterocycles. The van der Waals surface area contributed by atoms with E-state index in [4.69, 9.17) is 0 Å². The smallest absolute Gasteiger partial charge is 0.193 e. The maximum Gasteiger partial charge on any atom is 0.193 e. The van der Waals surface area contributed by atoms with Crippen molar-refractivity contribution in [3.8, 4) is 6.07 Å². The van der Waals surface area contributed by atoms with E-state index >= 15 is 8.78 Å². The van der Waals surface area contributed by atoms with Crippen LogP contribution in [0.1, 0.15) is 52.0 Å². The number of hydroxylamine groups is 2. The first-order valence-corrected chi connectivity index (χ1v) is 15.8. The molecule has 3 fully saturated rings. The summed E-state index contributed by atoms with van der Waals surface area (Å²) < 4.78 is 33.6. The summed E-state index contributed by atoms with van der Waals surface area (Å²) in [6.07, 6.45) is 2.35. The lowest BCUT2D eigenvalue weighted by Gasteiger charge is -2.66. The summed E-state index contributed by atoms with van der Waals surface area (Å²) in [6.45, 7) is 5.91. The van der Waals surface area contributed by atoms with Crippen molar-refractivity contribution in [1.29, 1.82) is 5.26 Å². The average Bonchev–Trinajstić information content (AvgIpc) is 3.16. The molecule has 226 valence electrons. The maximum absolute atomic E-state index is 17.7. The molecule has 6 nitrogen and oxygen atoms in total. The highest BCUT2D eigenvalue weighted by atomic mass is 32.2. The van der Waals surface area contributed by atoms with Gasteiger partial charge < -0.3 is 10.3 Å².